The molecule has 1 amide bonds. The monoisotopic (exact) mass is 460 g/mol. The lowest BCUT2D eigenvalue weighted by Gasteiger charge is -2.38. The lowest BCUT2D eigenvalue weighted by atomic mass is 9.94. The van der Waals surface area contributed by atoms with Crippen molar-refractivity contribution in [1.29, 1.82) is 0 Å². The molecule has 170 valence electrons. The Hall–Kier alpha value is -3.27. The van der Waals surface area contributed by atoms with Gasteiger partial charge in [-0.1, -0.05) is 12.1 Å². The Labute approximate surface area is 190 Å². The molecule has 2 heterocycles. The van der Waals surface area contributed by atoms with Crippen molar-refractivity contribution in [3.63, 3.8) is 0 Å². The van der Waals surface area contributed by atoms with Crippen LogP contribution in [0.3, 0.4) is 0 Å². The van der Waals surface area contributed by atoms with E-state index in [1.807, 2.05) is 6.07 Å². The van der Waals surface area contributed by atoms with E-state index in [4.69, 9.17) is 18.9 Å². The molecule has 0 bridgehead atoms. The van der Waals surface area contributed by atoms with Crippen molar-refractivity contribution in [2.24, 2.45) is 4.99 Å². The second kappa shape index (κ2) is 9.90. The molecule has 2 aliphatic heterocycles. The van der Waals surface area contributed by atoms with Crippen LogP contribution >= 0.6 is 11.8 Å². The minimum absolute atomic E-state index is 0.123. The maximum Gasteiger partial charge on any atom is 0.345 e. The van der Waals surface area contributed by atoms with Crippen molar-refractivity contribution < 1.29 is 33.3 Å². The van der Waals surface area contributed by atoms with Gasteiger partial charge in [-0.15, -0.1) is 0 Å². The van der Waals surface area contributed by atoms with Gasteiger partial charge in [-0.25, -0.2) is 14.6 Å². The van der Waals surface area contributed by atoms with Crippen LogP contribution in [0, 0.1) is 0 Å². The van der Waals surface area contributed by atoms with Crippen LogP contribution in [0.2, 0.25) is 0 Å². The molecule has 9 nitrogen and oxygen atoms in total. The fraction of sp³-hybridized carbons (Fsp3) is 0.364. The van der Waals surface area contributed by atoms with Gasteiger partial charge in [0.15, 0.2) is 16.7 Å². The van der Waals surface area contributed by atoms with Crippen LogP contribution in [0.15, 0.2) is 45.4 Å². The summed E-state index contributed by atoms with van der Waals surface area (Å²) in [5.74, 6) is -0.637. The van der Waals surface area contributed by atoms with Crippen LogP contribution in [-0.2, 0) is 30.3 Å². The largest absolute Gasteiger partial charge is 0.493 e. The van der Waals surface area contributed by atoms with Crippen molar-refractivity contribution in [1.82, 2.24) is 4.90 Å². The standard InChI is InChI=1S/C22H24N2O7S/c1-6-31-21(27)18-12(2)23-22-24(17(25)11-16(32-22)20(26)30-5)14(18)10-13-8-7-9-15(28-3)19(13)29-4/h7-9,11,14H,6,10H2,1-5H3. The Bertz CT molecular complexity index is 1040. The van der Waals surface area contributed by atoms with E-state index < -0.39 is 23.9 Å². The van der Waals surface area contributed by atoms with E-state index in [1.54, 1.807) is 26.0 Å². The first kappa shape index (κ1) is 23.4. The third kappa shape index (κ3) is 4.36. The number of nitrogens with zero attached hydrogens (tertiary/aromatic N) is 2. The molecule has 32 heavy (non-hydrogen) atoms. The third-order valence-electron chi connectivity index (χ3n) is 4.98. The number of ether oxygens (including phenoxy) is 4. The van der Waals surface area contributed by atoms with Crippen molar-refractivity contribution in [3.8, 4) is 11.5 Å². The first-order chi connectivity index (χ1) is 15.4. The molecule has 0 saturated heterocycles. The van der Waals surface area contributed by atoms with Gasteiger partial charge in [0.05, 0.1) is 45.2 Å². The fourth-order valence-electron chi connectivity index (χ4n) is 3.60. The summed E-state index contributed by atoms with van der Waals surface area (Å²) in [7, 11) is 4.30. The number of aliphatic imine (C=N–C) groups is 1. The van der Waals surface area contributed by atoms with E-state index in [2.05, 4.69) is 4.99 Å². The number of para-hydroxylation sites is 1. The highest BCUT2D eigenvalue weighted by atomic mass is 32.2. The lowest BCUT2D eigenvalue weighted by Crippen LogP contribution is -2.50. The van der Waals surface area contributed by atoms with Crippen LogP contribution in [-0.4, -0.2) is 61.9 Å². The van der Waals surface area contributed by atoms with Crippen LogP contribution < -0.4 is 9.47 Å². The van der Waals surface area contributed by atoms with E-state index in [0.717, 1.165) is 17.3 Å². The summed E-state index contributed by atoms with van der Waals surface area (Å²) in [4.78, 5) is 43.9. The normalized spacial score (nSPS) is 17.8. The van der Waals surface area contributed by atoms with E-state index >= 15 is 0 Å². The summed E-state index contributed by atoms with van der Waals surface area (Å²) in [6, 6.07) is 4.67. The molecule has 1 aromatic carbocycles. The minimum Gasteiger partial charge on any atom is -0.493 e. The summed E-state index contributed by atoms with van der Waals surface area (Å²) in [5, 5.41) is 0.287. The van der Waals surface area contributed by atoms with Gasteiger partial charge in [0.1, 0.15) is 4.91 Å². The number of allylic oxidation sites excluding steroid dienone is 1. The van der Waals surface area contributed by atoms with Gasteiger partial charge >= 0.3 is 11.9 Å². The highest BCUT2D eigenvalue weighted by Crippen LogP contribution is 2.38. The van der Waals surface area contributed by atoms with Crippen LogP contribution in [0.4, 0.5) is 0 Å². The van der Waals surface area contributed by atoms with Crippen LogP contribution in [0.5, 0.6) is 11.5 Å². The molecule has 3 rings (SSSR count). The number of amides is 1. The van der Waals surface area contributed by atoms with Crippen LogP contribution in [0.25, 0.3) is 0 Å². The maximum absolute atomic E-state index is 13.1. The minimum atomic E-state index is -0.724. The Balaban J connectivity index is 2.11. The fourth-order valence-corrected chi connectivity index (χ4v) is 4.62. The maximum atomic E-state index is 13.1. The number of amidine groups is 1. The van der Waals surface area contributed by atoms with Gasteiger partial charge in [0, 0.05) is 18.1 Å². The third-order valence-corrected chi connectivity index (χ3v) is 5.95. The van der Waals surface area contributed by atoms with Gasteiger partial charge in [-0.3, -0.25) is 9.69 Å². The average Bonchev–Trinajstić information content (AvgIpc) is 2.77. The molecule has 0 aliphatic carbocycles. The van der Waals surface area contributed by atoms with Crippen molar-refractivity contribution >= 4 is 34.8 Å². The number of esters is 2. The zero-order valence-corrected chi connectivity index (χ0v) is 19.3. The Morgan fingerprint density at radius 2 is 1.91 bits per heavy atom. The number of benzene rings is 1. The number of carbonyl (C=O) groups is 3. The van der Waals surface area contributed by atoms with Crippen molar-refractivity contribution in [2.75, 3.05) is 27.9 Å². The van der Waals surface area contributed by atoms with Crippen molar-refractivity contribution in [3.05, 3.63) is 46.0 Å². The van der Waals surface area contributed by atoms with E-state index in [9.17, 15) is 14.4 Å². The second-order valence-corrected chi connectivity index (χ2v) is 7.81. The Morgan fingerprint density at radius 1 is 1.16 bits per heavy atom. The zero-order chi connectivity index (χ0) is 23.4. The van der Waals surface area contributed by atoms with Gasteiger partial charge < -0.3 is 18.9 Å². The SMILES string of the molecule is CCOC(=O)C1=C(C)N=C2SC(C(=O)OC)=CC(=O)N2C1Cc1cccc(OC)c1OC. The molecule has 0 N–H and O–H groups in total. The first-order valence-electron chi connectivity index (χ1n) is 9.83. The zero-order valence-electron chi connectivity index (χ0n) is 18.5. The number of thioether (sulfide) groups is 1. The molecule has 0 radical (unpaired) electrons. The average molecular weight is 461 g/mol. The molecule has 2 aliphatic rings. The number of hydrogen-bond donors (Lipinski definition) is 0. The predicted molar refractivity (Wildman–Crippen MR) is 118 cm³/mol. The number of hydrogen-bond acceptors (Lipinski definition) is 9. The molecule has 10 heteroatoms. The molecule has 1 unspecified atom stereocenters. The number of rotatable bonds is 7. The van der Waals surface area contributed by atoms with E-state index in [1.165, 1.54) is 32.3 Å². The highest BCUT2D eigenvalue weighted by molar-refractivity contribution is 8.18. The summed E-state index contributed by atoms with van der Waals surface area (Å²) < 4.78 is 20.9. The van der Waals surface area contributed by atoms with E-state index in [0.29, 0.717) is 17.2 Å². The smallest absolute Gasteiger partial charge is 0.345 e. The molecule has 0 aromatic heterocycles. The van der Waals surface area contributed by atoms with Gasteiger partial charge in [-0.2, -0.15) is 0 Å². The summed E-state index contributed by atoms with van der Waals surface area (Å²) in [5.41, 5.74) is 1.41. The molecule has 1 atom stereocenters. The molecule has 1 aromatic rings. The Kier molecular flexibility index (Phi) is 7.24. The number of carbonyl (C=O) groups excluding carboxylic acids is 3. The predicted octanol–water partition coefficient (Wildman–Crippen LogP) is 2.45. The topological polar surface area (TPSA) is 104 Å². The van der Waals surface area contributed by atoms with Gasteiger partial charge in [-0.05, 0) is 31.7 Å². The summed E-state index contributed by atoms with van der Waals surface area (Å²) in [6.45, 7) is 3.56. The number of methoxy groups -OCH3 is 3. The second-order valence-electron chi connectivity index (χ2n) is 6.80. The van der Waals surface area contributed by atoms with Gasteiger partial charge in [0.25, 0.3) is 5.91 Å². The summed E-state index contributed by atoms with van der Waals surface area (Å²) >= 11 is 1.01. The molecule has 0 fully saturated rings. The molecule has 0 saturated carbocycles. The number of fused-ring (bicyclic) bond motifs is 1. The van der Waals surface area contributed by atoms with Crippen molar-refractivity contribution in [2.45, 2.75) is 26.3 Å². The summed E-state index contributed by atoms with van der Waals surface area (Å²) in [6.07, 6.45) is 1.42. The van der Waals surface area contributed by atoms with Gasteiger partial charge in [0.2, 0.25) is 0 Å². The van der Waals surface area contributed by atoms with E-state index in [-0.39, 0.29) is 28.7 Å². The molecular formula is C22H24N2O7S. The quantitative estimate of drug-likeness (QED) is 0.572. The first-order valence-corrected chi connectivity index (χ1v) is 10.6. The molecule has 0 spiro atoms. The highest BCUT2D eigenvalue weighted by Gasteiger charge is 2.42. The van der Waals surface area contributed by atoms with Crippen LogP contribution in [0.1, 0.15) is 19.4 Å². The Morgan fingerprint density at radius 3 is 2.53 bits per heavy atom. The molecular weight excluding hydrogens is 436 g/mol. The lowest BCUT2D eigenvalue weighted by molar-refractivity contribution is -0.140.